The van der Waals surface area contributed by atoms with Crippen LogP contribution in [-0.2, 0) is 10.0 Å². The van der Waals surface area contributed by atoms with Crippen LogP contribution in [0.25, 0.3) is 0 Å². The Morgan fingerprint density at radius 1 is 1.38 bits per heavy atom. The van der Waals surface area contributed by atoms with Crippen LogP contribution in [0.2, 0.25) is 0 Å². The van der Waals surface area contributed by atoms with E-state index in [1.54, 1.807) is 0 Å². The molecule has 0 aliphatic heterocycles. The molecule has 5 heteroatoms. The number of nitrogens with two attached hydrogens (primary N) is 1. The topological polar surface area (TPSA) is 72.2 Å². The van der Waals surface area contributed by atoms with Crippen molar-refractivity contribution < 1.29 is 8.42 Å². The van der Waals surface area contributed by atoms with Gasteiger partial charge in [0.2, 0.25) is 10.0 Å². The Balaban J connectivity index is 2.27. The SMILES string of the molecule is CC1CCCC(CNS(=O)(=O)CCCN)C1. The highest BCUT2D eigenvalue weighted by Crippen LogP contribution is 2.27. The van der Waals surface area contributed by atoms with Crippen LogP contribution in [0.4, 0.5) is 0 Å². The van der Waals surface area contributed by atoms with Gasteiger partial charge in [0.25, 0.3) is 0 Å². The van der Waals surface area contributed by atoms with E-state index in [1.807, 2.05) is 0 Å². The zero-order valence-electron chi connectivity index (χ0n) is 10.1. The van der Waals surface area contributed by atoms with E-state index in [0.29, 0.717) is 25.4 Å². The predicted molar refractivity (Wildman–Crippen MR) is 66.6 cm³/mol. The maximum atomic E-state index is 11.5. The number of nitrogens with one attached hydrogen (secondary N) is 1. The van der Waals surface area contributed by atoms with Gasteiger partial charge in [0.1, 0.15) is 0 Å². The highest BCUT2D eigenvalue weighted by Gasteiger charge is 2.20. The van der Waals surface area contributed by atoms with Crippen LogP contribution in [0.3, 0.4) is 0 Å². The van der Waals surface area contributed by atoms with Gasteiger partial charge in [-0.1, -0.05) is 19.8 Å². The zero-order chi connectivity index (χ0) is 12.0. The number of rotatable bonds is 6. The van der Waals surface area contributed by atoms with Crippen LogP contribution < -0.4 is 10.5 Å². The second-order valence-corrected chi connectivity index (χ2v) is 6.87. The third-order valence-electron chi connectivity index (χ3n) is 3.25. The summed E-state index contributed by atoms with van der Waals surface area (Å²) in [5.74, 6) is 1.43. The van der Waals surface area contributed by atoms with E-state index >= 15 is 0 Å². The lowest BCUT2D eigenvalue weighted by atomic mass is 9.83. The first-order valence-electron chi connectivity index (χ1n) is 6.21. The molecule has 2 atom stereocenters. The van der Waals surface area contributed by atoms with Crippen molar-refractivity contribution in [2.24, 2.45) is 17.6 Å². The van der Waals surface area contributed by atoms with E-state index in [1.165, 1.54) is 12.8 Å². The van der Waals surface area contributed by atoms with Gasteiger partial charge in [-0.2, -0.15) is 0 Å². The summed E-state index contributed by atoms with van der Waals surface area (Å²) < 4.78 is 25.8. The fourth-order valence-electron chi connectivity index (χ4n) is 2.34. The Morgan fingerprint density at radius 3 is 2.75 bits per heavy atom. The van der Waals surface area contributed by atoms with Gasteiger partial charge in [-0.15, -0.1) is 0 Å². The van der Waals surface area contributed by atoms with Gasteiger partial charge in [-0.3, -0.25) is 0 Å². The predicted octanol–water partition coefficient (Wildman–Crippen LogP) is 1.08. The van der Waals surface area contributed by atoms with Gasteiger partial charge < -0.3 is 5.73 Å². The average Bonchev–Trinajstić information content (AvgIpc) is 2.24. The van der Waals surface area contributed by atoms with E-state index in [-0.39, 0.29) is 5.75 Å². The molecule has 0 aromatic rings. The number of sulfonamides is 1. The van der Waals surface area contributed by atoms with Crippen molar-refractivity contribution in [1.82, 2.24) is 4.72 Å². The average molecular weight is 248 g/mol. The van der Waals surface area contributed by atoms with Crippen LogP contribution >= 0.6 is 0 Å². The summed E-state index contributed by atoms with van der Waals surface area (Å²) in [6, 6.07) is 0. The Bertz CT molecular complexity index is 290. The van der Waals surface area contributed by atoms with Crippen LogP contribution in [0.15, 0.2) is 0 Å². The first-order valence-corrected chi connectivity index (χ1v) is 7.86. The molecule has 0 amide bonds. The fraction of sp³-hybridized carbons (Fsp3) is 1.00. The van der Waals surface area contributed by atoms with E-state index in [4.69, 9.17) is 5.73 Å². The maximum absolute atomic E-state index is 11.5. The van der Waals surface area contributed by atoms with Gasteiger partial charge in [-0.05, 0) is 37.6 Å². The van der Waals surface area contributed by atoms with Gasteiger partial charge in [0, 0.05) is 6.54 Å². The largest absolute Gasteiger partial charge is 0.330 e. The molecule has 1 aliphatic rings. The molecule has 4 nitrogen and oxygen atoms in total. The van der Waals surface area contributed by atoms with Gasteiger partial charge in [0.15, 0.2) is 0 Å². The highest BCUT2D eigenvalue weighted by molar-refractivity contribution is 7.89. The van der Waals surface area contributed by atoms with Crippen LogP contribution in [0.1, 0.15) is 39.0 Å². The third-order valence-corrected chi connectivity index (χ3v) is 4.69. The summed E-state index contributed by atoms with van der Waals surface area (Å²) in [6.45, 7) is 3.29. The highest BCUT2D eigenvalue weighted by atomic mass is 32.2. The molecule has 1 fully saturated rings. The fourth-order valence-corrected chi connectivity index (χ4v) is 3.52. The minimum Gasteiger partial charge on any atom is -0.330 e. The molecule has 1 aliphatic carbocycles. The van der Waals surface area contributed by atoms with E-state index in [9.17, 15) is 8.42 Å². The minimum absolute atomic E-state index is 0.159. The van der Waals surface area contributed by atoms with Gasteiger partial charge >= 0.3 is 0 Å². The first kappa shape index (κ1) is 13.9. The van der Waals surface area contributed by atoms with Crippen LogP contribution in [0, 0.1) is 11.8 Å². The van der Waals surface area contributed by atoms with Crippen molar-refractivity contribution in [3.63, 3.8) is 0 Å². The Morgan fingerprint density at radius 2 is 2.12 bits per heavy atom. The molecule has 0 heterocycles. The standard InChI is InChI=1S/C11H24N2O2S/c1-10-4-2-5-11(8-10)9-13-16(14,15)7-3-6-12/h10-11,13H,2-9,12H2,1H3. The first-order chi connectivity index (χ1) is 7.53. The molecule has 1 saturated carbocycles. The Hall–Kier alpha value is -0.130. The second-order valence-electron chi connectivity index (χ2n) is 4.95. The van der Waals surface area contributed by atoms with Crippen molar-refractivity contribution in [3.05, 3.63) is 0 Å². The number of hydrogen-bond donors (Lipinski definition) is 2. The molecular weight excluding hydrogens is 224 g/mol. The smallest absolute Gasteiger partial charge is 0.211 e. The van der Waals surface area contributed by atoms with Crippen LogP contribution in [-0.4, -0.2) is 27.3 Å². The van der Waals surface area contributed by atoms with E-state index in [2.05, 4.69) is 11.6 Å². The summed E-state index contributed by atoms with van der Waals surface area (Å²) in [4.78, 5) is 0. The van der Waals surface area contributed by atoms with Gasteiger partial charge in [0.05, 0.1) is 5.75 Å². The normalized spacial score (nSPS) is 26.9. The van der Waals surface area contributed by atoms with E-state index in [0.717, 1.165) is 18.8 Å². The molecule has 1 rings (SSSR count). The summed E-state index contributed by atoms with van der Waals surface area (Å²) >= 11 is 0. The molecular formula is C11H24N2O2S. The summed E-state index contributed by atoms with van der Waals surface area (Å²) in [6.07, 6.45) is 5.37. The lowest BCUT2D eigenvalue weighted by molar-refractivity contribution is 0.283. The summed E-state index contributed by atoms with van der Waals surface area (Å²) in [5.41, 5.74) is 5.30. The molecule has 0 saturated heterocycles. The molecule has 0 radical (unpaired) electrons. The molecule has 0 aromatic carbocycles. The molecule has 0 spiro atoms. The zero-order valence-corrected chi connectivity index (χ0v) is 10.9. The minimum atomic E-state index is -3.09. The molecule has 16 heavy (non-hydrogen) atoms. The van der Waals surface area contributed by atoms with Crippen molar-refractivity contribution in [3.8, 4) is 0 Å². The molecule has 2 unspecified atom stereocenters. The summed E-state index contributed by atoms with van der Waals surface area (Å²) in [7, 11) is -3.09. The lowest BCUT2D eigenvalue weighted by Crippen LogP contribution is -2.33. The molecule has 0 aromatic heterocycles. The lowest BCUT2D eigenvalue weighted by Gasteiger charge is -2.26. The molecule has 3 N–H and O–H groups in total. The second kappa shape index (κ2) is 6.57. The van der Waals surface area contributed by atoms with Crippen molar-refractivity contribution in [2.75, 3.05) is 18.8 Å². The van der Waals surface area contributed by atoms with Gasteiger partial charge in [-0.25, -0.2) is 13.1 Å². The van der Waals surface area contributed by atoms with E-state index < -0.39 is 10.0 Å². The third kappa shape index (κ3) is 5.27. The van der Waals surface area contributed by atoms with Crippen molar-refractivity contribution >= 4 is 10.0 Å². The number of hydrogen-bond acceptors (Lipinski definition) is 3. The van der Waals surface area contributed by atoms with Crippen molar-refractivity contribution in [2.45, 2.75) is 39.0 Å². The monoisotopic (exact) mass is 248 g/mol. The van der Waals surface area contributed by atoms with Crippen LogP contribution in [0.5, 0.6) is 0 Å². The Kier molecular flexibility index (Phi) is 5.72. The summed E-state index contributed by atoms with van der Waals surface area (Å²) in [5, 5.41) is 0. The Labute approximate surface area is 99.0 Å². The molecule has 96 valence electrons. The maximum Gasteiger partial charge on any atom is 0.211 e. The van der Waals surface area contributed by atoms with Crippen molar-refractivity contribution in [1.29, 1.82) is 0 Å². The quantitative estimate of drug-likeness (QED) is 0.739. The molecule has 0 bridgehead atoms.